The molecule has 2 N–H and O–H groups in total. The molecule has 70 valence electrons. The minimum atomic E-state index is -1.74. The molecule has 0 saturated carbocycles. The van der Waals surface area contributed by atoms with Gasteiger partial charge in [0.05, 0.1) is 0 Å². The van der Waals surface area contributed by atoms with E-state index < -0.39 is 12.9 Å². The summed E-state index contributed by atoms with van der Waals surface area (Å²) in [5.41, 5.74) is -0.0330. The van der Waals surface area contributed by atoms with Crippen molar-refractivity contribution in [2.75, 3.05) is 5.75 Å². The summed E-state index contributed by atoms with van der Waals surface area (Å²) in [5, 5.41) is 17.8. The van der Waals surface area contributed by atoms with Crippen molar-refractivity contribution in [3.05, 3.63) is 24.0 Å². The fraction of sp³-hybridized carbons (Fsp3) is 0.250. The van der Waals surface area contributed by atoms with Gasteiger partial charge in [-0.05, 0) is 17.9 Å². The summed E-state index contributed by atoms with van der Waals surface area (Å²) in [6, 6.07) is 4.44. The zero-order chi connectivity index (χ0) is 9.84. The first-order valence-electron chi connectivity index (χ1n) is 3.94. The maximum atomic E-state index is 13.1. The second-order valence-corrected chi connectivity index (χ2v) is 3.76. The molecule has 1 rings (SSSR count). The topological polar surface area (TPSA) is 40.5 Å². The summed E-state index contributed by atoms with van der Waals surface area (Å²) in [7, 11) is -1.74. The highest BCUT2D eigenvalue weighted by Gasteiger charge is 2.20. The monoisotopic (exact) mass is 200 g/mol. The molecule has 13 heavy (non-hydrogen) atoms. The Bertz CT molecular complexity index is 293. The zero-order valence-corrected chi connectivity index (χ0v) is 8.01. The number of thioether (sulfide) groups is 1. The average Bonchev–Trinajstić information content (AvgIpc) is 2.04. The Kier molecular flexibility index (Phi) is 3.78. The van der Waals surface area contributed by atoms with E-state index in [0.29, 0.717) is 4.90 Å². The van der Waals surface area contributed by atoms with Crippen LogP contribution in [0, 0.1) is 5.82 Å². The van der Waals surface area contributed by atoms with Gasteiger partial charge in [0.2, 0.25) is 0 Å². The largest absolute Gasteiger partial charge is 0.492 e. The van der Waals surface area contributed by atoms with Crippen LogP contribution in [0.2, 0.25) is 0 Å². The molecule has 0 amide bonds. The van der Waals surface area contributed by atoms with Crippen molar-refractivity contribution < 1.29 is 14.4 Å². The van der Waals surface area contributed by atoms with E-state index in [1.54, 1.807) is 12.1 Å². The third kappa shape index (κ3) is 2.46. The highest BCUT2D eigenvalue weighted by atomic mass is 32.2. The van der Waals surface area contributed by atoms with Crippen molar-refractivity contribution in [3.63, 3.8) is 0 Å². The first kappa shape index (κ1) is 10.6. The van der Waals surface area contributed by atoms with E-state index in [1.165, 1.54) is 17.8 Å². The Labute approximate surface area is 80.9 Å². The normalized spacial score (nSPS) is 10.2. The molecule has 0 fully saturated rings. The molecule has 0 heterocycles. The van der Waals surface area contributed by atoms with Crippen LogP contribution in [0.5, 0.6) is 0 Å². The lowest BCUT2D eigenvalue weighted by atomic mass is 9.80. The van der Waals surface area contributed by atoms with Crippen LogP contribution in [0.4, 0.5) is 4.39 Å². The van der Waals surface area contributed by atoms with Crippen LogP contribution in [0.25, 0.3) is 0 Å². The van der Waals surface area contributed by atoms with Crippen molar-refractivity contribution in [2.45, 2.75) is 11.8 Å². The van der Waals surface area contributed by atoms with Crippen molar-refractivity contribution >= 4 is 24.3 Å². The van der Waals surface area contributed by atoms with E-state index in [-0.39, 0.29) is 5.46 Å². The zero-order valence-electron chi connectivity index (χ0n) is 7.20. The Morgan fingerprint density at radius 1 is 1.46 bits per heavy atom. The molecule has 2 nitrogen and oxygen atoms in total. The summed E-state index contributed by atoms with van der Waals surface area (Å²) >= 11 is 1.38. The maximum absolute atomic E-state index is 13.1. The van der Waals surface area contributed by atoms with Crippen molar-refractivity contribution in [1.29, 1.82) is 0 Å². The Hall–Kier alpha value is -0.515. The van der Waals surface area contributed by atoms with Crippen molar-refractivity contribution in [3.8, 4) is 0 Å². The lowest BCUT2D eigenvalue weighted by molar-refractivity contribution is 0.422. The van der Waals surface area contributed by atoms with Gasteiger partial charge < -0.3 is 10.0 Å². The molecule has 0 aliphatic rings. The van der Waals surface area contributed by atoms with Gasteiger partial charge in [-0.15, -0.1) is 11.8 Å². The molecule has 0 spiro atoms. The molecule has 0 saturated heterocycles. The van der Waals surface area contributed by atoms with Gasteiger partial charge in [-0.1, -0.05) is 13.0 Å². The quantitative estimate of drug-likeness (QED) is 0.555. The van der Waals surface area contributed by atoms with Crippen LogP contribution in [0.3, 0.4) is 0 Å². The SMILES string of the molecule is CCSc1cccc(F)c1B(O)O. The standard InChI is InChI=1S/C8H10BFO2S/c1-2-13-7-5-3-4-6(10)8(7)9(11)12/h3-5,11-12H,2H2,1H3. The average molecular weight is 200 g/mol. The second kappa shape index (κ2) is 4.65. The van der Waals surface area contributed by atoms with E-state index in [4.69, 9.17) is 10.0 Å². The lowest BCUT2D eigenvalue weighted by Crippen LogP contribution is -2.34. The van der Waals surface area contributed by atoms with Crippen LogP contribution in [-0.4, -0.2) is 22.9 Å². The number of hydrogen-bond donors (Lipinski definition) is 2. The summed E-state index contributed by atoms with van der Waals surface area (Å²) in [6.45, 7) is 1.92. The van der Waals surface area contributed by atoms with Gasteiger partial charge in [0.15, 0.2) is 0 Å². The summed E-state index contributed by atoms with van der Waals surface area (Å²) in [5.74, 6) is 0.192. The van der Waals surface area contributed by atoms with Crippen LogP contribution >= 0.6 is 11.8 Å². The van der Waals surface area contributed by atoms with E-state index >= 15 is 0 Å². The molecule has 0 bridgehead atoms. The van der Waals surface area contributed by atoms with E-state index in [9.17, 15) is 4.39 Å². The minimum Gasteiger partial charge on any atom is -0.423 e. The first-order valence-corrected chi connectivity index (χ1v) is 4.92. The summed E-state index contributed by atoms with van der Waals surface area (Å²) in [6.07, 6.45) is 0. The molecule has 0 aromatic heterocycles. The molecule has 0 atom stereocenters. The third-order valence-corrected chi connectivity index (χ3v) is 2.53. The van der Waals surface area contributed by atoms with Crippen LogP contribution < -0.4 is 5.46 Å². The maximum Gasteiger partial charge on any atom is 0.492 e. The number of halogens is 1. The Morgan fingerprint density at radius 3 is 2.69 bits per heavy atom. The second-order valence-electron chi connectivity index (χ2n) is 2.46. The van der Waals surface area contributed by atoms with Crippen LogP contribution in [0.1, 0.15) is 6.92 Å². The molecule has 0 aliphatic carbocycles. The molecular formula is C8H10BFO2S. The Morgan fingerprint density at radius 2 is 2.15 bits per heavy atom. The van der Waals surface area contributed by atoms with Crippen molar-refractivity contribution in [1.82, 2.24) is 0 Å². The lowest BCUT2D eigenvalue weighted by Gasteiger charge is -2.07. The van der Waals surface area contributed by atoms with Crippen LogP contribution in [0.15, 0.2) is 23.1 Å². The molecule has 1 aromatic carbocycles. The molecule has 0 radical (unpaired) electrons. The van der Waals surface area contributed by atoms with E-state index in [0.717, 1.165) is 5.75 Å². The van der Waals surface area contributed by atoms with Gasteiger partial charge in [0.1, 0.15) is 5.82 Å². The highest BCUT2D eigenvalue weighted by molar-refractivity contribution is 7.99. The fourth-order valence-corrected chi connectivity index (χ4v) is 1.89. The Balaban J connectivity index is 3.10. The van der Waals surface area contributed by atoms with E-state index in [1.807, 2.05) is 6.92 Å². The molecular weight excluding hydrogens is 190 g/mol. The van der Waals surface area contributed by atoms with Crippen molar-refractivity contribution in [2.24, 2.45) is 0 Å². The van der Waals surface area contributed by atoms with Gasteiger partial charge in [-0.2, -0.15) is 0 Å². The molecule has 0 aliphatic heterocycles. The van der Waals surface area contributed by atoms with Gasteiger partial charge in [0, 0.05) is 10.4 Å². The van der Waals surface area contributed by atoms with E-state index in [2.05, 4.69) is 0 Å². The third-order valence-electron chi connectivity index (χ3n) is 1.57. The first-order chi connectivity index (χ1) is 6.16. The molecule has 1 aromatic rings. The highest BCUT2D eigenvalue weighted by Crippen LogP contribution is 2.16. The fourth-order valence-electron chi connectivity index (χ4n) is 1.05. The van der Waals surface area contributed by atoms with Gasteiger partial charge in [-0.3, -0.25) is 0 Å². The number of benzene rings is 1. The van der Waals surface area contributed by atoms with Gasteiger partial charge >= 0.3 is 7.12 Å². The number of hydrogen-bond acceptors (Lipinski definition) is 3. The molecule has 5 heteroatoms. The minimum absolute atomic E-state index is 0.0330. The van der Waals surface area contributed by atoms with Gasteiger partial charge in [0.25, 0.3) is 0 Å². The smallest absolute Gasteiger partial charge is 0.423 e. The predicted molar refractivity (Wildman–Crippen MR) is 52.6 cm³/mol. The molecule has 0 unspecified atom stereocenters. The number of rotatable bonds is 3. The predicted octanol–water partition coefficient (Wildman–Crippen LogP) is 0.617. The summed E-state index contributed by atoms with van der Waals surface area (Å²) < 4.78 is 13.1. The van der Waals surface area contributed by atoms with Crippen LogP contribution in [-0.2, 0) is 0 Å². The van der Waals surface area contributed by atoms with Gasteiger partial charge in [-0.25, -0.2) is 4.39 Å². The summed E-state index contributed by atoms with van der Waals surface area (Å²) in [4.78, 5) is 0.581.